The standard InChI is InChI=1S/C9H12N6O3S/c10-5-1-2-15(9(18)12-5)8-6(13-14-11)7(17)4(3-16)19-8/h1-2,4,6-8,16-17H,3H2,(H2,10,12,18)/t4-,6+,7-,8+/m1/s1. The minimum atomic E-state index is -1.03. The maximum Gasteiger partial charge on any atom is 0.350 e. The molecule has 2 rings (SSSR count). The fourth-order valence-electron chi connectivity index (χ4n) is 1.91. The molecule has 1 aliphatic heterocycles. The predicted molar refractivity (Wildman–Crippen MR) is 69.4 cm³/mol. The lowest BCUT2D eigenvalue weighted by Crippen LogP contribution is -2.34. The molecule has 102 valence electrons. The van der Waals surface area contributed by atoms with Gasteiger partial charge < -0.3 is 15.9 Å². The molecule has 0 amide bonds. The van der Waals surface area contributed by atoms with Crippen molar-refractivity contribution in [2.45, 2.75) is 22.8 Å². The van der Waals surface area contributed by atoms with Crippen LogP contribution in [0.2, 0.25) is 0 Å². The van der Waals surface area contributed by atoms with Gasteiger partial charge in [-0.3, -0.25) is 4.57 Å². The van der Waals surface area contributed by atoms with Crippen LogP contribution in [0.1, 0.15) is 5.37 Å². The molecule has 2 heterocycles. The normalized spacial score (nSPS) is 30.0. The fourth-order valence-corrected chi connectivity index (χ4v) is 3.35. The number of thioether (sulfide) groups is 1. The Morgan fingerprint density at radius 2 is 2.42 bits per heavy atom. The van der Waals surface area contributed by atoms with Crippen molar-refractivity contribution in [3.05, 3.63) is 33.2 Å². The van der Waals surface area contributed by atoms with Gasteiger partial charge >= 0.3 is 5.69 Å². The van der Waals surface area contributed by atoms with E-state index >= 15 is 0 Å². The molecule has 0 spiro atoms. The number of nitrogens with zero attached hydrogens (tertiary/aromatic N) is 5. The Morgan fingerprint density at radius 1 is 1.68 bits per heavy atom. The third-order valence-corrected chi connectivity index (χ3v) is 4.39. The smallest absolute Gasteiger partial charge is 0.350 e. The van der Waals surface area contributed by atoms with Gasteiger partial charge in [-0.1, -0.05) is 5.11 Å². The summed E-state index contributed by atoms with van der Waals surface area (Å²) < 4.78 is 1.24. The van der Waals surface area contributed by atoms with Crippen LogP contribution < -0.4 is 11.4 Å². The van der Waals surface area contributed by atoms with Crippen LogP contribution >= 0.6 is 11.8 Å². The minimum absolute atomic E-state index is 0.0869. The van der Waals surface area contributed by atoms with E-state index in [1.807, 2.05) is 0 Å². The monoisotopic (exact) mass is 284 g/mol. The average molecular weight is 284 g/mol. The molecular formula is C9H12N6O3S. The Labute approximate surface area is 111 Å². The zero-order valence-electron chi connectivity index (χ0n) is 9.70. The van der Waals surface area contributed by atoms with Crippen LogP contribution in [0, 0.1) is 0 Å². The van der Waals surface area contributed by atoms with Crippen LogP contribution in [0.15, 0.2) is 22.2 Å². The van der Waals surface area contributed by atoms with Crippen molar-refractivity contribution in [1.82, 2.24) is 9.55 Å². The van der Waals surface area contributed by atoms with Crippen LogP contribution in [0.4, 0.5) is 5.82 Å². The molecule has 1 saturated heterocycles. The van der Waals surface area contributed by atoms with Gasteiger partial charge in [-0.2, -0.15) is 4.98 Å². The fraction of sp³-hybridized carbons (Fsp3) is 0.556. The molecule has 4 N–H and O–H groups in total. The van der Waals surface area contributed by atoms with Gasteiger partial charge in [0.1, 0.15) is 5.82 Å². The van der Waals surface area contributed by atoms with Crippen molar-refractivity contribution in [3.63, 3.8) is 0 Å². The van der Waals surface area contributed by atoms with Crippen molar-refractivity contribution in [3.8, 4) is 0 Å². The Balaban J connectivity index is 2.41. The molecular weight excluding hydrogens is 272 g/mol. The summed E-state index contributed by atoms with van der Waals surface area (Å²) in [6.45, 7) is -0.281. The van der Waals surface area contributed by atoms with E-state index in [4.69, 9.17) is 16.4 Å². The van der Waals surface area contributed by atoms with Crippen LogP contribution in [-0.4, -0.2) is 43.8 Å². The number of anilines is 1. The van der Waals surface area contributed by atoms with Gasteiger partial charge in [0.15, 0.2) is 0 Å². The molecule has 1 aromatic rings. The second-order valence-corrected chi connectivity index (χ2v) is 5.34. The van der Waals surface area contributed by atoms with Gasteiger partial charge in [0.05, 0.1) is 29.4 Å². The average Bonchev–Trinajstić information content (AvgIpc) is 2.68. The predicted octanol–water partition coefficient (Wildman–Crippen LogP) is -0.528. The van der Waals surface area contributed by atoms with Gasteiger partial charge in [-0.05, 0) is 11.6 Å². The molecule has 0 aliphatic carbocycles. The molecule has 0 aromatic carbocycles. The summed E-state index contributed by atoms with van der Waals surface area (Å²) in [5.41, 5.74) is 13.3. The minimum Gasteiger partial charge on any atom is -0.395 e. The Bertz CT molecular complexity index is 571. The summed E-state index contributed by atoms with van der Waals surface area (Å²) in [5.74, 6) is 0.0869. The third-order valence-electron chi connectivity index (χ3n) is 2.83. The van der Waals surface area contributed by atoms with Gasteiger partial charge in [0.2, 0.25) is 0 Å². The molecule has 9 nitrogen and oxygen atoms in total. The van der Waals surface area contributed by atoms with E-state index in [-0.39, 0.29) is 12.4 Å². The highest BCUT2D eigenvalue weighted by Gasteiger charge is 2.43. The van der Waals surface area contributed by atoms with Crippen LogP contribution in [0.5, 0.6) is 0 Å². The third kappa shape index (κ3) is 2.51. The number of nitrogens with two attached hydrogens (primary N) is 1. The lowest BCUT2D eigenvalue weighted by molar-refractivity contribution is 0.120. The largest absolute Gasteiger partial charge is 0.395 e. The van der Waals surface area contributed by atoms with E-state index in [9.17, 15) is 9.90 Å². The molecule has 19 heavy (non-hydrogen) atoms. The SMILES string of the molecule is [N-]=[N+]=N[C@H]1[C@H](O)[C@@H](CO)S[C@@H]1n1ccc(N)nc1=O. The Kier molecular flexibility index (Phi) is 3.96. The van der Waals surface area contributed by atoms with Crippen molar-refractivity contribution < 1.29 is 10.2 Å². The molecule has 0 bridgehead atoms. The lowest BCUT2D eigenvalue weighted by Gasteiger charge is -2.17. The number of aliphatic hydroxyl groups is 2. The Morgan fingerprint density at radius 3 is 3.00 bits per heavy atom. The number of nitrogen functional groups attached to an aromatic ring is 1. The molecule has 1 aliphatic rings. The van der Waals surface area contributed by atoms with Crippen molar-refractivity contribution in [2.24, 2.45) is 5.11 Å². The second kappa shape index (κ2) is 5.49. The van der Waals surface area contributed by atoms with Crippen molar-refractivity contribution >= 4 is 17.6 Å². The summed E-state index contributed by atoms with van der Waals surface area (Å²) >= 11 is 1.16. The van der Waals surface area contributed by atoms with Crippen molar-refractivity contribution in [2.75, 3.05) is 12.3 Å². The van der Waals surface area contributed by atoms with E-state index < -0.39 is 28.5 Å². The highest BCUT2D eigenvalue weighted by atomic mass is 32.2. The quantitative estimate of drug-likeness (QED) is 0.385. The number of hydrogen-bond donors (Lipinski definition) is 3. The first-order chi connectivity index (χ1) is 9.08. The van der Waals surface area contributed by atoms with Crippen LogP contribution in [-0.2, 0) is 0 Å². The summed E-state index contributed by atoms with van der Waals surface area (Å²) in [6, 6.07) is 0.587. The maximum absolute atomic E-state index is 11.8. The van der Waals surface area contributed by atoms with E-state index in [2.05, 4.69) is 15.0 Å². The van der Waals surface area contributed by atoms with Crippen LogP contribution in [0.25, 0.3) is 10.4 Å². The van der Waals surface area contributed by atoms with E-state index in [0.29, 0.717) is 0 Å². The summed E-state index contributed by atoms with van der Waals surface area (Å²) in [5, 5.41) is 21.5. The van der Waals surface area contributed by atoms with E-state index in [0.717, 1.165) is 11.8 Å². The number of azide groups is 1. The first-order valence-corrected chi connectivity index (χ1v) is 6.36. The van der Waals surface area contributed by atoms with Gasteiger partial charge in [-0.15, -0.1) is 11.8 Å². The van der Waals surface area contributed by atoms with Gasteiger partial charge in [-0.25, -0.2) is 4.79 Å². The summed E-state index contributed by atoms with van der Waals surface area (Å²) in [7, 11) is 0. The summed E-state index contributed by atoms with van der Waals surface area (Å²) in [6.07, 6.45) is 0.398. The molecule has 0 saturated carbocycles. The Hall–Kier alpha value is -1.74. The second-order valence-electron chi connectivity index (χ2n) is 3.98. The molecule has 10 heteroatoms. The zero-order valence-corrected chi connectivity index (χ0v) is 10.5. The van der Waals surface area contributed by atoms with E-state index in [1.165, 1.54) is 16.8 Å². The number of hydrogen-bond acceptors (Lipinski definition) is 7. The van der Waals surface area contributed by atoms with E-state index in [1.54, 1.807) is 0 Å². The number of rotatable bonds is 3. The van der Waals surface area contributed by atoms with Gasteiger partial charge in [0, 0.05) is 11.1 Å². The number of aliphatic hydroxyl groups excluding tert-OH is 2. The van der Waals surface area contributed by atoms with Crippen molar-refractivity contribution in [1.29, 1.82) is 0 Å². The molecule has 1 aromatic heterocycles. The maximum atomic E-state index is 11.8. The number of aromatic nitrogens is 2. The zero-order chi connectivity index (χ0) is 14.0. The van der Waals surface area contributed by atoms with Gasteiger partial charge in [0.25, 0.3) is 0 Å². The molecule has 0 radical (unpaired) electrons. The lowest BCUT2D eigenvalue weighted by atomic mass is 10.1. The first kappa shape index (κ1) is 13.7. The highest BCUT2D eigenvalue weighted by molar-refractivity contribution is 8.00. The molecule has 0 unspecified atom stereocenters. The topological polar surface area (TPSA) is 150 Å². The molecule has 4 atom stereocenters. The first-order valence-electron chi connectivity index (χ1n) is 5.41. The highest BCUT2D eigenvalue weighted by Crippen LogP contribution is 2.42. The molecule has 1 fully saturated rings. The summed E-state index contributed by atoms with van der Waals surface area (Å²) in [4.78, 5) is 18.0. The van der Waals surface area contributed by atoms with Crippen LogP contribution in [0.3, 0.4) is 0 Å².